The molecule has 4 aliphatic rings. The summed E-state index contributed by atoms with van der Waals surface area (Å²) in [5.41, 5.74) is 3.87. The van der Waals surface area contributed by atoms with Gasteiger partial charge < -0.3 is 14.8 Å². The first kappa shape index (κ1) is 23.7. The van der Waals surface area contributed by atoms with E-state index in [1.807, 2.05) is 12.4 Å². The number of amides is 1. The van der Waals surface area contributed by atoms with Crippen molar-refractivity contribution in [3.05, 3.63) is 65.5 Å². The Hall–Kier alpha value is -2.66. The second-order valence-corrected chi connectivity index (χ2v) is 11.3. The molecule has 5 atom stereocenters. The predicted octanol–water partition coefficient (Wildman–Crippen LogP) is 6.98. The van der Waals surface area contributed by atoms with Crippen molar-refractivity contribution in [1.29, 1.82) is 0 Å². The van der Waals surface area contributed by atoms with Crippen LogP contribution in [0.2, 0.25) is 0 Å². The minimum atomic E-state index is -0.335. The van der Waals surface area contributed by atoms with Gasteiger partial charge in [0.05, 0.1) is 11.2 Å². The molecule has 1 saturated carbocycles. The predicted molar refractivity (Wildman–Crippen MR) is 142 cm³/mol. The fourth-order valence-corrected chi connectivity index (χ4v) is 7.55. The molecule has 0 radical (unpaired) electrons. The van der Waals surface area contributed by atoms with E-state index < -0.39 is 0 Å². The number of carbonyl (C=O) groups is 1. The van der Waals surface area contributed by atoms with Crippen molar-refractivity contribution in [2.75, 3.05) is 7.05 Å². The van der Waals surface area contributed by atoms with Gasteiger partial charge >= 0.3 is 6.09 Å². The molecule has 36 heavy (non-hydrogen) atoms. The number of alkyl carbamates (subject to hydrolysis) is 1. The molecule has 190 valence electrons. The number of benzene rings is 1. The molecule has 1 unspecified atom stereocenters. The molecule has 2 aliphatic carbocycles. The molecule has 5 heteroatoms. The summed E-state index contributed by atoms with van der Waals surface area (Å²) in [6.07, 6.45) is 18.9. The van der Waals surface area contributed by atoms with Gasteiger partial charge in [-0.2, -0.15) is 0 Å². The van der Waals surface area contributed by atoms with Gasteiger partial charge in [0.25, 0.3) is 0 Å². The maximum Gasteiger partial charge on any atom is 0.407 e. The summed E-state index contributed by atoms with van der Waals surface area (Å²) in [6.45, 7) is 2.31. The highest BCUT2D eigenvalue weighted by Gasteiger charge is 2.60. The van der Waals surface area contributed by atoms with Gasteiger partial charge in [0.1, 0.15) is 6.10 Å². The standard InChI is InChI=1S/C31H38N2O3/c1-3-21(23-8-7-22-13-16-33-20-24(22)17-23)9-10-25-5-4-6-27-18-26-11-12-28(35-29(34)32-2)19-30(26)14-15-31(25,27)36-30/h6-8,13,16-18,20-21,25,28H,3-5,9-12,14-15,19H2,1-2H3,(H,32,34)/t21?,25-,28+,30+,31-/m0/s1. The highest BCUT2D eigenvalue weighted by molar-refractivity contribution is 5.82. The number of rotatable bonds is 6. The van der Waals surface area contributed by atoms with Gasteiger partial charge in [-0.25, -0.2) is 4.79 Å². The Morgan fingerprint density at radius 3 is 3.03 bits per heavy atom. The third-order valence-electron chi connectivity index (χ3n) is 9.48. The molecule has 6 rings (SSSR count). The lowest BCUT2D eigenvalue weighted by Crippen LogP contribution is -2.51. The summed E-state index contributed by atoms with van der Waals surface area (Å²) >= 11 is 0. The summed E-state index contributed by atoms with van der Waals surface area (Å²) in [6, 6.07) is 8.98. The zero-order chi connectivity index (χ0) is 24.8. The molecule has 5 nitrogen and oxygen atoms in total. The normalized spacial score (nSPS) is 31.6. The molecule has 1 aromatic carbocycles. The van der Waals surface area contributed by atoms with Crippen LogP contribution in [-0.2, 0) is 9.47 Å². The molecule has 2 aromatic rings. The lowest BCUT2D eigenvalue weighted by Gasteiger charge is -2.50. The number of carbonyl (C=O) groups excluding carboxylic acids is 1. The number of hydrogen-bond acceptors (Lipinski definition) is 4. The number of aromatic nitrogens is 1. The van der Waals surface area contributed by atoms with Crippen molar-refractivity contribution in [1.82, 2.24) is 10.3 Å². The maximum atomic E-state index is 11.9. The molecule has 2 spiro atoms. The van der Waals surface area contributed by atoms with E-state index in [9.17, 15) is 4.79 Å². The summed E-state index contributed by atoms with van der Waals surface area (Å²) < 4.78 is 12.9. The molecule has 1 aromatic heterocycles. The number of nitrogens with zero attached hydrogens (tertiary/aromatic N) is 1. The molecule has 2 fully saturated rings. The van der Waals surface area contributed by atoms with Crippen LogP contribution in [0.25, 0.3) is 10.8 Å². The third kappa shape index (κ3) is 3.96. The highest BCUT2D eigenvalue weighted by atomic mass is 16.6. The summed E-state index contributed by atoms with van der Waals surface area (Å²) in [7, 11) is 1.62. The largest absolute Gasteiger partial charge is 0.446 e. The first-order valence-electron chi connectivity index (χ1n) is 13.9. The SMILES string of the molecule is CCC(CC[C@@H]1CCC=C2C=C3CC[C@@H](OC(=O)NC)C[C@]34CC[C@@]21O4)c1ccc2ccncc2c1. The average molecular weight is 487 g/mol. The van der Waals surface area contributed by atoms with Crippen molar-refractivity contribution in [2.45, 2.75) is 94.4 Å². The number of pyridine rings is 1. The van der Waals surface area contributed by atoms with E-state index in [1.54, 1.807) is 7.05 Å². The molecule has 2 aliphatic heterocycles. The van der Waals surface area contributed by atoms with Crippen LogP contribution in [0.15, 0.2) is 60.0 Å². The van der Waals surface area contributed by atoms with E-state index in [0.29, 0.717) is 11.8 Å². The van der Waals surface area contributed by atoms with E-state index in [0.717, 1.165) is 44.9 Å². The monoisotopic (exact) mass is 486 g/mol. The van der Waals surface area contributed by atoms with E-state index in [2.05, 4.69) is 53.6 Å². The van der Waals surface area contributed by atoms with Crippen LogP contribution in [0.4, 0.5) is 4.79 Å². The van der Waals surface area contributed by atoms with E-state index in [4.69, 9.17) is 9.47 Å². The molecule has 1 amide bonds. The van der Waals surface area contributed by atoms with Crippen molar-refractivity contribution in [2.24, 2.45) is 5.92 Å². The molecule has 1 saturated heterocycles. The van der Waals surface area contributed by atoms with Crippen molar-refractivity contribution >= 4 is 16.9 Å². The van der Waals surface area contributed by atoms with Gasteiger partial charge in [0.2, 0.25) is 0 Å². The Balaban J connectivity index is 1.21. The van der Waals surface area contributed by atoms with Crippen molar-refractivity contribution in [3.8, 4) is 0 Å². The van der Waals surface area contributed by atoms with Crippen LogP contribution >= 0.6 is 0 Å². The number of nitrogens with one attached hydrogen (secondary N) is 1. The quantitative estimate of drug-likeness (QED) is 0.478. The first-order chi connectivity index (χ1) is 17.5. The number of allylic oxidation sites excluding steroid dienone is 1. The van der Waals surface area contributed by atoms with Crippen LogP contribution in [0.5, 0.6) is 0 Å². The lowest BCUT2D eigenvalue weighted by atomic mass is 9.69. The molecular weight excluding hydrogens is 448 g/mol. The van der Waals surface area contributed by atoms with Crippen LogP contribution < -0.4 is 5.32 Å². The summed E-state index contributed by atoms with van der Waals surface area (Å²) in [5.74, 6) is 1.08. The zero-order valence-corrected chi connectivity index (χ0v) is 21.6. The van der Waals surface area contributed by atoms with E-state index >= 15 is 0 Å². The number of fused-ring (bicyclic) bond motifs is 1. The molecular formula is C31H38N2O3. The minimum absolute atomic E-state index is 0.0725. The fourth-order valence-electron chi connectivity index (χ4n) is 7.55. The molecule has 2 bridgehead atoms. The molecule has 1 N–H and O–H groups in total. The third-order valence-corrected chi connectivity index (χ3v) is 9.48. The molecule has 3 heterocycles. The van der Waals surface area contributed by atoms with Crippen molar-refractivity contribution in [3.63, 3.8) is 0 Å². The topological polar surface area (TPSA) is 60.5 Å². The van der Waals surface area contributed by atoms with Gasteiger partial charge in [0, 0.05) is 31.2 Å². The Kier molecular flexibility index (Phi) is 6.15. The minimum Gasteiger partial charge on any atom is -0.446 e. The summed E-state index contributed by atoms with van der Waals surface area (Å²) in [5, 5.41) is 5.09. The Morgan fingerprint density at radius 2 is 2.17 bits per heavy atom. The highest BCUT2D eigenvalue weighted by Crippen LogP contribution is 2.61. The van der Waals surface area contributed by atoms with Crippen LogP contribution in [-0.4, -0.2) is 35.4 Å². The van der Waals surface area contributed by atoms with Crippen LogP contribution in [0, 0.1) is 5.92 Å². The maximum absolute atomic E-state index is 11.9. The zero-order valence-electron chi connectivity index (χ0n) is 21.6. The number of hydrogen-bond donors (Lipinski definition) is 1. The van der Waals surface area contributed by atoms with Gasteiger partial charge in [-0.3, -0.25) is 4.98 Å². The van der Waals surface area contributed by atoms with E-state index in [-0.39, 0.29) is 23.4 Å². The first-order valence-corrected chi connectivity index (χ1v) is 13.9. The summed E-state index contributed by atoms with van der Waals surface area (Å²) in [4.78, 5) is 16.2. The second-order valence-electron chi connectivity index (χ2n) is 11.3. The lowest BCUT2D eigenvalue weighted by molar-refractivity contribution is -0.129. The smallest absolute Gasteiger partial charge is 0.407 e. The van der Waals surface area contributed by atoms with E-state index in [1.165, 1.54) is 46.7 Å². The Bertz CT molecular complexity index is 1220. The fraction of sp³-hybridized carbons (Fsp3) is 0.548. The van der Waals surface area contributed by atoms with Gasteiger partial charge in [0.15, 0.2) is 0 Å². The number of ether oxygens (including phenoxy) is 2. The van der Waals surface area contributed by atoms with Gasteiger partial charge in [-0.05, 0) is 104 Å². The average Bonchev–Trinajstić information content (AvgIpc) is 3.21. The van der Waals surface area contributed by atoms with Gasteiger partial charge in [-0.1, -0.05) is 31.2 Å². The van der Waals surface area contributed by atoms with Crippen LogP contribution in [0.1, 0.15) is 82.6 Å². The van der Waals surface area contributed by atoms with Gasteiger partial charge in [-0.15, -0.1) is 0 Å². The second kappa shape index (κ2) is 9.33. The van der Waals surface area contributed by atoms with Crippen molar-refractivity contribution < 1.29 is 14.3 Å². The Labute approximate surface area is 214 Å². The van der Waals surface area contributed by atoms with Crippen LogP contribution in [0.3, 0.4) is 0 Å². The Morgan fingerprint density at radius 1 is 1.25 bits per heavy atom.